The van der Waals surface area contributed by atoms with Gasteiger partial charge in [0.15, 0.2) is 0 Å². The van der Waals surface area contributed by atoms with Gasteiger partial charge < -0.3 is 15.2 Å². The van der Waals surface area contributed by atoms with Crippen LogP contribution in [-0.4, -0.2) is 22.3 Å². The van der Waals surface area contributed by atoms with Gasteiger partial charge >= 0.3 is 7.12 Å². The number of hydrogen-bond donors (Lipinski definition) is 3. The normalized spacial score (nSPS) is 16.9. The highest BCUT2D eigenvalue weighted by atomic mass is 16.4. The van der Waals surface area contributed by atoms with Crippen molar-refractivity contribution in [3.8, 4) is 0 Å². The summed E-state index contributed by atoms with van der Waals surface area (Å²) in [6.45, 7) is 0. The molecule has 0 unspecified atom stereocenters. The zero-order chi connectivity index (χ0) is 8.27. The Morgan fingerprint density at radius 1 is 1.36 bits per heavy atom. The molecule has 1 aliphatic carbocycles. The molecule has 0 fully saturated rings. The fourth-order valence-corrected chi connectivity index (χ4v) is 0.820. The number of hydrogen-bond acceptors (Lipinski definition) is 3. The highest BCUT2D eigenvalue weighted by molar-refractivity contribution is 6.51. The number of rotatable bonds is 1. The van der Waals surface area contributed by atoms with E-state index < -0.39 is 7.12 Å². The fraction of sp³-hybridized carbons (Fsp3) is 0.143. The van der Waals surface area contributed by atoms with Crippen LogP contribution in [0.1, 0.15) is 6.42 Å². The van der Waals surface area contributed by atoms with E-state index in [0.717, 1.165) is 0 Å². The van der Waals surface area contributed by atoms with Crippen molar-refractivity contribution >= 4 is 7.12 Å². The van der Waals surface area contributed by atoms with Crippen LogP contribution in [0.4, 0.5) is 0 Å². The predicted molar refractivity (Wildman–Crippen MR) is 42.7 cm³/mol. The summed E-state index contributed by atoms with van der Waals surface area (Å²) in [5.74, 6) is 0.219. The molecule has 0 spiro atoms. The van der Waals surface area contributed by atoms with Gasteiger partial charge in [-0.15, -0.1) is 0 Å². The number of aliphatic hydroxyl groups excluding tert-OH is 1. The molecule has 11 heavy (non-hydrogen) atoms. The Bertz CT molecular complexity index is 228. The minimum atomic E-state index is -1.45. The highest BCUT2D eigenvalue weighted by Gasteiger charge is 2.11. The summed E-state index contributed by atoms with van der Waals surface area (Å²) in [5.41, 5.74) is 0.408. The van der Waals surface area contributed by atoms with Crippen molar-refractivity contribution in [1.29, 1.82) is 0 Å². The lowest BCUT2D eigenvalue weighted by molar-refractivity contribution is 0.401. The molecular formula is C7H9BO3. The van der Waals surface area contributed by atoms with Gasteiger partial charge in [0.25, 0.3) is 0 Å². The molecule has 1 rings (SSSR count). The average molecular weight is 152 g/mol. The SMILES string of the molecule is OB(O)C1=CCC(O)=CC=C1. The molecule has 0 saturated carbocycles. The Balaban J connectivity index is 2.74. The van der Waals surface area contributed by atoms with E-state index in [1.54, 1.807) is 18.2 Å². The molecule has 0 aromatic heterocycles. The minimum Gasteiger partial charge on any atom is -0.512 e. The van der Waals surface area contributed by atoms with E-state index in [1.165, 1.54) is 6.08 Å². The van der Waals surface area contributed by atoms with Gasteiger partial charge in [-0.2, -0.15) is 0 Å². The van der Waals surface area contributed by atoms with E-state index in [9.17, 15) is 0 Å². The molecule has 1 aliphatic rings. The molecule has 0 aromatic carbocycles. The summed E-state index contributed by atoms with van der Waals surface area (Å²) >= 11 is 0. The first kappa shape index (κ1) is 8.10. The van der Waals surface area contributed by atoms with Crippen LogP contribution in [0.2, 0.25) is 0 Å². The zero-order valence-corrected chi connectivity index (χ0v) is 5.94. The summed E-state index contributed by atoms with van der Waals surface area (Å²) in [5, 5.41) is 26.4. The summed E-state index contributed by atoms with van der Waals surface area (Å²) in [7, 11) is -1.45. The molecule has 0 aliphatic heterocycles. The van der Waals surface area contributed by atoms with E-state index in [1.807, 2.05) is 0 Å². The largest absolute Gasteiger partial charge is 0.512 e. The van der Waals surface area contributed by atoms with Gasteiger partial charge in [-0.25, -0.2) is 0 Å². The summed E-state index contributed by atoms with van der Waals surface area (Å²) in [6.07, 6.45) is 6.56. The monoisotopic (exact) mass is 152 g/mol. The van der Waals surface area contributed by atoms with Crippen molar-refractivity contribution in [3.63, 3.8) is 0 Å². The maximum absolute atomic E-state index is 8.99. The van der Waals surface area contributed by atoms with E-state index in [0.29, 0.717) is 11.9 Å². The lowest BCUT2D eigenvalue weighted by Crippen LogP contribution is -2.13. The molecular weight excluding hydrogens is 143 g/mol. The van der Waals surface area contributed by atoms with Gasteiger partial charge in [-0.05, 0) is 11.5 Å². The Kier molecular flexibility index (Phi) is 2.51. The van der Waals surface area contributed by atoms with Crippen molar-refractivity contribution in [2.24, 2.45) is 0 Å². The zero-order valence-electron chi connectivity index (χ0n) is 5.94. The Hall–Kier alpha value is -0.995. The van der Waals surface area contributed by atoms with E-state index >= 15 is 0 Å². The van der Waals surface area contributed by atoms with Crippen LogP contribution in [0.25, 0.3) is 0 Å². The van der Waals surface area contributed by atoms with Gasteiger partial charge in [0.2, 0.25) is 0 Å². The van der Waals surface area contributed by atoms with Crippen LogP contribution in [-0.2, 0) is 0 Å². The lowest BCUT2D eigenvalue weighted by atomic mass is 9.79. The number of allylic oxidation sites excluding steroid dienone is 5. The maximum atomic E-state index is 8.99. The van der Waals surface area contributed by atoms with Crippen LogP contribution in [0.5, 0.6) is 0 Å². The van der Waals surface area contributed by atoms with Crippen molar-refractivity contribution in [2.75, 3.05) is 0 Å². The van der Waals surface area contributed by atoms with Crippen molar-refractivity contribution < 1.29 is 15.2 Å². The highest BCUT2D eigenvalue weighted by Crippen LogP contribution is 2.09. The smallest absolute Gasteiger partial charge is 0.488 e. The Morgan fingerprint density at radius 2 is 2.09 bits per heavy atom. The second kappa shape index (κ2) is 3.41. The molecule has 0 heterocycles. The first-order chi connectivity index (χ1) is 5.20. The topological polar surface area (TPSA) is 60.7 Å². The van der Waals surface area contributed by atoms with Gasteiger partial charge in [-0.1, -0.05) is 18.2 Å². The van der Waals surface area contributed by atoms with Crippen molar-refractivity contribution in [1.82, 2.24) is 0 Å². The molecule has 4 heteroatoms. The Morgan fingerprint density at radius 3 is 2.73 bits per heavy atom. The minimum absolute atomic E-state index is 0.219. The van der Waals surface area contributed by atoms with E-state index in [2.05, 4.69) is 0 Å². The van der Waals surface area contributed by atoms with Crippen LogP contribution in [0.3, 0.4) is 0 Å². The number of aliphatic hydroxyl groups is 1. The second-order valence-corrected chi connectivity index (χ2v) is 2.30. The summed E-state index contributed by atoms with van der Waals surface area (Å²) in [6, 6.07) is 0. The first-order valence-electron chi connectivity index (χ1n) is 3.32. The van der Waals surface area contributed by atoms with Gasteiger partial charge in [0.1, 0.15) is 0 Å². The average Bonchev–Trinajstić information content (AvgIpc) is 2.13. The van der Waals surface area contributed by atoms with Crippen molar-refractivity contribution in [3.05, 3.63) is 35.5 Å². The quantitative estimate of drug-likeness (QED) is 0.474. The molecule has 0 amide bonds. The van der Waals surface area contributed by atoms with E-state index in [4.69, 9.17) is 15.2 Å². The summed E-state index contributed by atoms with van der Waals surface area (Å²) < 4.78 is 0. The van der Waals surface area contributed by atoms with Gasteiger partial charge in [-0.3, -0.25) is 0 Å². The lowest BCUT2D eigenvalue weighted by Gasteiger charge is -1.96. The van der Waals surface area contributed by atoms with Gasteiger partial charge in [0, 0.05) is 6.42 Å². The molecule has 3 N–H and O–H groups in total. The molecule has 0 aromatic rings. The molecule has 3 nitrogen and oxygen atoms in total. The fourth-order valence-electron chi connectivity index (χ4n) is 0.820. The third-order valence-electron chi connectivity index (χ3n) is 1.42. The van der Waals surface area contributed by atoms with E-state index in [-0.39, 0.29) is 5.76 Å². The molecule has 0 radical (unpaired) electrons. The maximum Gasteiger partial charge on any atom is 0.488 e. The Labute approximate surface area is 65.1 Å². The summed E-state index contributed by atoms with van der Waals surface area (Å²) in [4.78, 5) is 0. The third kappa shape index (κ3) is 2.25. The van der Waals surface area contributed by atoms with Gasteiger partial charge in [0.05, 0.1) is 5.76 Å². The van der Waals surface area contributed by atoms with Crippen LogP contribution in [0.15, 0.2) is 35.5 Å². The molecule has 0 atom stereocenters. The first-order valence-corrected chi connectivity index (χ1v) is 3.32. The molecule has 58 valence electrons. The van der Waals surface area contributed by atoms with Crippen LogP contribution < -0.4 is 0 Å². The van der Waals surface area contributed by atoms with Crippen molar-refractivity contribution in [2.45, 2.75) is 6.42 Å². The van der Waals surface area contributed by atoms with Crippen LogP contribution in [0, 0.1) is 0 Å². The second-order valence-electron chi connectivity index (χ2n) is 2.30. The standard InChI is InChI=1S/C7H9BO3/c9-7-3-1-2-6(4-5-7)8(10)11/h1-4,9-11H,5H2. The molecule has 0 saturated heterocycles. The predicted octanol–water partition coefficient (Wildman–Crippen LogP) is 0.327. The van der Waals surface area contributed by atoms with Crippen LogP contribution >= 0.6 is 0 Å². The third-order valence-corrected chi connectivity index (χ3v) is 1.42. The molecule has 0 bridgehead atoms.